The van der Waals surface area contributed by atoms with Crippen molar-refractivity contribution >= 4 is 11.6 Å². The van der Waals surface area contributed by atoms with Crippen molar-refractivity contribution in [2.75, 3.05) is 5.32 Å². The van der Waals surface area contributed by atoms with Crippen LogP contribution >= 0.6 is 0 Å². The van der Waals surface area contributed by atoms with Gasteiger partial charge < -0.3 is 9.88 Å². The van der Waals surface area contributed by atoms with Crippen molar-refractivity contribution in [2.24, 2.45) is 0 Å². The lowest BCUT2D eigenvalue weighted by Gasteiger charge is -2.11. The van der Waals surface area contributed by atoms with Crippen molar-refractivity contribution in [3.05, 3.63) is 99.5 Å². The molecule has 3 rings (SSSR count). The summed E-state index contributed by atoms with van der Waals surface area (Å²) in [5.41, 5.74) is 1.30. The highest BCUT2D eigenvalue weighted by Crippen LogP contribution is 2.29. The van der Waals surface area contributed by atoms with E-state index in [9.17, 15) is 22.8 Å². The number of amides is 1. The first-order valence-electron chi connectivity index (χ1n) is 8.47. The third-order valence-electron chi connectivity index (χ3n) is 4.16. The van der Waals surface area contributed by atoms with Crippen LogP contribution in [0.5, 0.6) is 0 Å². The van der Waals surface area contributed by atoms with E-state index in [1.807, 2.05) is 25.1 Å². The molecule has 1 N–H and O–H groups in total. The topological polar surface area (TPSA) is 51.1 Å². The van der Waals surface area contributed by atoms with Gasteiger partial charge in [0.15, 0.2) is 0 Å². The van der Waals surface area contributed by atoms with Crippen molar-refractivity contribution in [1.29, 1.82) is 0 Å². The van der Waals surface area contributed by atoms with Crippen molar-refractivity contribution in [3.63, 3.8) is 0 Å². The summed E-state index contributed by atoms with van der Waals surface area (Å²) < 4.78 is 39.3. The first kappa shape index (κ1) is 19.4. The molecule has 1 heterocycles. The van der Waals surface area contributed by atoms with Crippen LogP contribution in [0, 0.1) is 6.92 Å². The Balaban J connectivity index is 1.79. The van der Waals surface area contributed by atoms with Crippen LogP contribution in [-0.2, 0) is 12.7 Å². The van der Waals surface area contributed by atoms with Crippen LogP contribution in [0.3, 0.4) is 0 Å². The van der Waals surface area contributed by atoms with Gasteiger partial charge in [0, 0.05) is 18.0 Å². The number of benzene rings is 2. The largest absolute Gasteiger partial charge is 0.416 e. The molecule has 0 atom stereocenters. The summed E-state index contributed by atoms with van der Waals surface area (Å²) in [7, 11) is 0. The maximum Gasteiger partial charge on any atom is 0.416 e. The lowest BCUT2D eigenvalue weighted by molar-refractivity contribution is -0.137. The first-order chi connectivity index (χ1) is 13.2. The van der Waals surface area contributed by atoms with E-state index >= 15 is 0 Å². The lowest BCUT2D eigenvalue weighted by atomic mass is 10.1. The molecule has 144 valence electrons. The monoisotopic (exact) mass is 386 g/mol. The van der Waals surface area contributed by atoms with Gasteiger partial charge in [-0.25, -0.2) is 0 Å². The van der Waals surface area contributed by atoms with E-state index in [1.54, 1.807) is 6.07 Å². The normalized spacial score (nSPS) is 11.3. The number of carbonyl (C=O) groups is 1. The minimum Gasteiger partial charge on any atom is -0.322 e. The van der Waals surface area contributed by atoms with Crippen LogP contribution in [0.1, 0.15) is 27.0 Å². The van der Waals surface area contributed by atoms with Gasteiger partial charge >= 0.3 is 6.18 Å². The number of carbonyl (C=O) groups excluding carboxylic acids is 1. The number of rotatable bonds is 4. The maximum absolute atomic E-state index is 12.7. The van der Waals surface area contributed by atoms with Gasteiger partial charge in [-0.15, -0.1) is 0 Å². The second-order valence-corrected chi connectivity index (χ2v) is 6.40. The van der Waals surface area contributed by atoms with E-state index in [2.05, 4.69) is 5.32 Å². The smallest absolute Gasteiger partial charge is 0.322 e. The molecule has 0 radical (unpaired) electrons. The van der Waals surface area contributed by atoms with Gasteiger partial charge in [0.2, 0.25) is 0 Å². The van der Waals surface area contributed by atoms with Gasteiger partial charge in [0.1, 0.15) is 0 Å². The molecule has 3 aromatic rings. The molecule has 0 bridgehead atoms. The minimum atomic E-state index is -4.41. The van der Waals surface area contributed by atoms with E-state index in [4.69, 9.17) is 0 Å². The standard InChI is InChI=1S/C21H17F3N2O2/c1-14-3-2-4-18(11-14)25-20(28)16-7-10-19(27)26(13-16)12-15-5-8-17(9-6-15)21(22,23)24/h2-11,13H,12H2,1H3,(H,25,28). The predicted octanol–water partition coefficient (Wildman–Crippen LogP) is 4.48. The van der Waals surface area contributed by atoms with Gasteiger partial charge in [-0.2, -0.15) is 13.2 Å². The summed E-state index contributed by atoms with van der Waals surface area (Å²) in [6, 6.07) is 14.5. The summed E-state index contributed by atoms with van der Waals surface area (Å²) >= 11 is 0. The molecule has 4 nitrogen and oxygen atoms in total. The zero-order chi connectivity index (χ0) is 20.3. The van der Waals surface area contributed by atoms with Crippen molar-refractivity contribution in [3.8, 4) is 0 Å². The number of hydrogen-bond acceptors (Lipinski definition) is 2. The number of anilines is 1. The quantitative estimate of drug-likeness (QED) is 0.719. The van der Waals surface area contributed by atoms with E-state index in [1.165, 1.54) is 35.0 Å². The molecule has 0 saturated heterocycles. The Morgan fingerprint density at radius 2 is 1.75 bits per heavy atom. The SMILES string of the molecule is Cc1cccc(NC(=O)c2ccc(=O)n(Cc3ccc(C(F)(F)F)cc3)c2)c1. The number of alkyl halides is 3. The van der Waals surface area contributed by atoms with E-state index in [0.717, 1.165) is 17.7 Å². The Kier molecular flexibility index (Phi) is 5.35. The van der Waals surface area contributed by atoms with Crippen LogP contribution in [0.15, 0.2) is 71.7 Å². The number of halogens is 3. The minimum absolute atomic E-state index is 0.0581. The lowest BCUT2D eigenvalue weighted by Crippen LogP contribution is -2.22. The highest BCUT2D eigenvalue weighted by molar-refractivity contribution is 6.04. The second-order valence-electron chi connectivity index (χ2n) is 6.40. The van der Waals surface area contributed by atoms with E-state index < -0.39 is 11.7 Å². The summed E-state index contributed by atoms with van der Waals surface area (Å²) in [4.78, 5) is 24.5. The number of pyridine rings is 1. The molecule has 0 aliphatic heterocycles. The highest BCUT2D eigenvalue weighted by atomic mass is 19.4. The second kappa shape index (κ2) is 7.72. The van der Waals surface area contributed by atoms with Crippen LogP contribution in [0.2, 0.25) is 0 Å². The molecule has 2 aromatic carbocycles. The Morgan fingerprint density at radius 1 is 1.04 bits per heavy atom. The molecule has 1 amide bonds. The number of nitrogens with one attached hydrogen (secondary N) is 1. The third-order valence-corrected chi connectivity index (χ3v) is 4.16. The summed E-state index contributed by atoms with van der Waals surface area (Å²) in [5, 5.41) is 2.75. The molecule has 0 saturated carbocycles. The molecule has 0 aliphatic rings. The van der Waals surface area contributed by atoms with E-state index in [0.29, 0.717) is 11.3 Å². The molecular formula is C21H17F3N2O2. The van der Waals surface area contributed by atoms with Gasteiger partial charge in [0.25, 0.3) is 11.5 Å². The predicted molar refractivity (Wildman–Crippen MR) is 100 cm³/mol. The van der Waals surface area contributed by atoms with E-state index in [-0.39, 0.29) is 23.6 Å². The zero-order valence-corrected chi connectivity index (χ0v) is 15.0. The third kappa shape index (κ3) is 4.68. The van der Waals surface area contributed by atoms with Gasteiger partial charge in [0.05, 0.1) is 17.7 Å². The van der Waals surface area contributed by atoms with Crippen LogP contribution in [-0.4, -0.2) is 10.5 Å². The fourth-order valence-corrected chi connectivity index (χ4v) is 2.71. The summed E-state index contributed by atoms with van der Waals surface area (Å²) in [6.07, 6.45) is -3.02. The molecule has 0 aliphatic carbocycles. The Labute approximate surface area is 159 Å². The number of nitrogens with zero attached hydrogens (tertiary/aromatic N) is 1. The molecule has 0 spiro atoms. The molecule has 7 heteroatoms. The highest BCUT2D eigenvalue weighted by Gasteiger charge is 2.29. The number of hydrogen-bond donors (Lipinski definition) is 1. The Hall–Kier alpha value is -3.35. The van der Waals surface area contributed by atoms with Gasteiger partial charge in [-0.3, -0.25) is 9.59 Å². The number of aryl methyl sites for hydroxylation is 1. The van der Waals surface area contributed by atoms with Gasteiger partial charge in [-0.1, -0.05) is 24.3 Å². The Bertz CT molecular complexity index is 1050. The molecule has 1 aromatic heterocycles. The Morgan fingerprint density at radius 3 is 2.39 bits per heavy atom. The molecule has 0 fully saturated rings. The maximum atomic E-state index is 12.7. The zero-order valence-electron chi connectivity index (χ0n) is 15.0. The summed E-state index contributed by atoms with van der Waals surface area (Å²) in [6.45, 7) is 1.96. The summed E-state index contributed by atoms with van der Waals surface area (Å²) in [5.74, 6) is -0.383. The van der Waals surface area contributed by atoms with Gasteiger partial charge in [-0.05, 0) is 48.4 Å². The first-order valence-corrected chi connectivity index (χ1v) is 8.47. The average molecular weight is 386 g/mol. The average Bonchev–Trinajstić information content (AvgIpc) is 2.63. The van der Waals surface area contributed by atoms with Crippen LogP contribution in [0.4, 0.5) is 18.9 Å². The van der Waals surface area contributed by atoms with Crippen LogP contribution in [0.25, 0.3) is 0 Å². The van der Waals surface area contributed by atoms with Crippen molar-refractivity contribution < 1.29 is 18.0 Å². The van der Waals surface area contributed by atoms with Crippen molar-refractivity contribution in [1.82, 2.24) is 4.57 Å². The molecule has 28 heavy (non-hydrogen) atoms. The van der Waals surface area contributed by atoms with Crippen molar-refractivity contribution in [2.45, 2.75) is 19.6 Å². The molecular weight excluding hydrogens is 369 g/mol. The fraction of sp³-hybridized carbons (Fsp3) is 0.143. The fourth-order valence-electron chi connectivity index (χ4n) is 2.71. The number of aromatic nitrogens is 1. The molecule has 0 unspecified atom stereocenters. The van der Waals surface area contributed by atoms with Crippen LogP contribution < -0.4 is 10.9 Å².